The average molecular weight is 343 g/mol. The Morgan fingerprint density at radius 2 is 1.92 bits per heavy atom. The zero-order valence-corrected chi connectivity index (χ0v) is 13.0. The van der Waals surface area contributed by atoms with Crippen LogP contribution < -0.4 is 14.8 Å². The van der Waals surface area contributed by atoms with Gasteiger partial charge in [-0.2, -0.15) is 0 Å². The maximum Gasteiger partial charge on any atom is 0.269 e. The van der Waals surface area contributed by atoms with Crippen LogP contribution in [-0.2, 0) is 0 Å². The maximum atomic E-state index is 13.0. The molecule has 1 N–H and O–H groups in total. The number of hydrogen-bond donors (Lipinski definition) is 1. The van der Waals surface area contributed by atoms with Crippen LogP contribution in [0.5, 0.6) is 11.5 Å². The van der Waals surface area contributed by atoms with E-state index in [1.807, 2.05) is 0 Å². The van der Waals surface area contributed by atoms with Gasteiger partial charge in [-0.3, -0.25) is 4.79 Å². The summed E-state index contributed by atoms with van der Waals surface area (Å²) in [6, 6.07) is 10.9. The first kappa shape index (κ1) is 14.6. The zero-order valence-electron chi connectivity index (χ0n) is 12.2. The summed E-state index contributed by atoms with van der Waals surface area (Å²) in [7, 11) is 0. The van der Waals surface area contributed by atoms with Crippen molar-refractivity contribution in [1.82, 2.24) is 9.59 Å². The van der Waals surface area contributed by atoms with Gasteiger partial charge in [0, 0.05) is 17.3 Å². The van der Waals surface area contributed by atoms with Crippen molar-refractivity contribution in [1.29, 1.82) is 0 Å². The molecule has 8 heteroatoms. The van der Waals surface area contributed by atoms with E-state index in [1.54, 1.807) is 30.3 Å². The highest BCUT2D eigenvalue weighted by Crippen LogP contribution is 2.34. The molecule has 0 spiro atoms. The fourth-order valence-corrected chi connectivity index (χ4v) is 2.88. The van der Waals surface area contributed by atoms with Gasteiger partial charge in [-0.1, -0.05) is 4.49 Å². The highest BCUT2D eigenvalue weighted by molar-refractivity contribution is 7.08. The molecule has 2 heterocycles. The van der Waals surface area contributed by atoms with Crippen LogP contribution >= 0.6 is 11.5 Å². The van der Waals surface area contributed by atoms with Crippen LogP contribution in [0.2, 0.25) is 0 Å². The first-order valence-corrected chi connectivity index (χ1v) is 7.77. The van der Waals surface area contributed by atoms with E-state index in [9.17, 15) is 9.18 Å². The Hall–Kier alpha value is -3.00. The normalized spacial score (nSPS) is 12.2. The van der Waals surface area contributed by atoms with Gasteiger partial charge in [-0.25, -0.2) is 4.39 Å². The van der Waals surface area contributed by atoms with Gasteiger partial charge in [0.15, 0.2) is 11.5 Å². The van der Waals surface area contributed by atoms with Gasteiger partial charge in [-0.05, 0) is 47.9 Å². The first-order valence-electron chi connectivity index (χ1n) is 7.00. The largest absolute Gasteiger partial charge is 0.454 e. The molecule has 24 heavy (non-hydrogen) atoms. The molecule has 6 nitrogen and oxygen atoms in total. The smallest absolute Gasteiger partial charge is 0.269 e. The van der Waals surface area contributed by atoms with Crippen molar-refractivity contribution in [3.63, 3.8) is 0 Å². The van der Waals surface area contributed by atoms with E-state index in [-0.39, 0.29) is 18.5 Å². The van der Waals surface area contributed by atoms with Gasteiger partial charge in [0.25, 0.3) is 5.91 Å². The Morgan fingerprint density at radius 1 is 1.12 bits per heavy atom. The Bertz CT molecular complexity index is 911. The minimum atomic E-state index is -0.353. The number of hydrogen-bond acceptors (Lipinski definition) is 6. The molecule has 0 bridgehead atoms. The van der Waals surface area contributed by atoms with Crippen LogP contribution in [0.3, 0.4) is 0 Å². The third kappa shape index (κ3) is 2.67. The van der Waals surface area contributed by atoms with Crippen LogP contribution in [0, 0.1) is 5.82 Å². The number of rotatable bonds is 3. The van der Waals surface area contributed by atoms with Gasteiger partial charge in [0.05, 0.1) is 0 Å². The van der Waals surface area contributed by atoms with E-state index >= 15 is 0 Å². The highest BCUT2D eigenvalue weighted by atomic mass is 32.1. The number of halogens is 1. The van der Waals surface area contributed by atoms with Crippen LogP contribution in [0.1, 0.15) is 9.67 Å². The molecule has 1 amide bonds. The number of carbonyl (C=O) groups excluding carboxylic acids is 1. The SMILES string of the molecule is O=C(Nc1ccc2c(c1)OCO2)c1snnc1-c1ccc(F)cc1. The molecule has 3 aromatic rings. The van der Waals surface area contributed by atoms with Crippen molar-refractivity contribution in [3.05, 3.63) is 53.2 Å². The summed E-state index contributed by atoms with van der Waals surface area (Å²) in [5.74, 6) is 0.518. The fraction of sp³-hybridized carbons (Fsp3) is 0.0625. The molecule has 4 rings (SSSR count). The Balaban J connectivity index is 1.59. The number of ether oxygens (including phenoxy) is 2. The van der Waals surface area contributed by atoms with Gasteiger partial charge in [-0.15, -0.1) is 5.10 Å². The van der Waals surface area contributed by atoms with E-state index in [4.69, 9.17) is 9.47 Å². The van der Waals surface area contributed by atoms with E-state index in [0.717, 1.165) is 11.5 Å². The van der Waals surface area contributed by atoms with Gasteiger partial charge >= 0.3 is 0 Å². The van der Waals surface area contributed by atoms with E-state index in [1.165, 1.54) is 12.1 Å². The van der Waals surface area contributed by atoms with Crippen molar-refractivity contribution in [2.45, 2.75) is 0 Å². The number of anilines is 1. The van der Waals surface area contributed by atoms with E-state index in [0.29, 0.717) is 33.3 Å². The van der Waals surface area contributed by atoms with Crippen molar-refractivity contribution >= 4 is 23.1 Å². The number of benzene rings is 2. The van der Waals surface area contributed by atoms with Crippen LogP contribution in [0.4, 0.5) is 10.1 Å². The molecular weight excluding hydrogens is 333 g/mol. The van der Waals surface area contributed by atoms with Crippen molar-refractivity contribution in [2.75, 3.05) is 12.1 Å². The Kier molecular flexibility index (Phi) is 3.58. The summed E-state index contributed by atoms with van der Waals surface area (Å²) in [4.78, 5) is 12.9. The lowest BCUT2D eigenvalue weighted by molar-refractivity contribution is 0.103. The molecule has 1 aromatic heterocycles. The molecule has 120 valence electrons. The van der Waals surface area contributed by atoms with Gasteiger partial charge in [0.1, 0.15) is 16.4 Å². The number of nitrogens with one attached hydrogen (secondary N) is 1. The number of nitrogens with zero attached hydrogens (tertiary/aromatic N) is 2. The number of aromatic nitrogens is 2. The average Bonchev–Trinajstić information content (AvgIpc) is 3.24. The zero-order chi connectivity index (χ0) is 16.5. The summed E-state index contributed by atoms with van der Waals surface area (Å²) in [6.07, 6.45) is 0. The van der Waals surface area contributed by atoms with E-state index in [2.05, 4.69) is 14.9 Å². The predicted octanol–water partition coefficient (Wildman–Crippen LogP) is 3.33. The Labute approximate surface area is 140 Å². The molecule has 0 atom stereocenters. The second-order valence-electron chi connectivity index (χ2n) is 4.98. The molecule has 1 aliphatic heterocycles. The molecule has 0 saturated heterocycles. The second-order valence-corrected chi connectivity index (χ2v) is 5.73. The number of carbonyl (C=O) groups is 1. The van der Waals surface area contributed by atoms with Gasteiger partial charge < -0.3 is 14.8 Å². The summed E-state index contributed by atoms with van der Waals surface area (Å²) in [5, 5.41) is 6.75. The molecule has 0 radical (unpaired) electrons. The minimum Gasteiger partial charge on any atom is -0.454 e. The third-order valence-electron chi connectivity index (χ3n) is 3.44. The monoisotopic (exact) mass is 343 g/mol. The molecule has 0 aliphatic carbocycles. The lowest BCUT2D eigenvalue weighted by Gasteiger charge is -2.06. The van der Waals surface area contributed by atoms with Crippen molar-refractivity contribution < 1.29 is 18.7 Å². The molecular formula is C16H10FN3O3S. The van der Waals surface area contributed by atoms with Crippen molar-refractivity contribution in [3.8, 4) is 22.8 Å². The van der Waals surface area contributed by atoms with E-state index < -0.39 is 0 Å². The molecule has 2 aromatic carbocycles. The Morgan fingerprint density at radius 3 is 2.75 bits per heavy atom. The highest BCUT2D eigenvalue weighted by Gasteiger charge is 2.19. The number of fused-ring (bicyclic) bond motifs is 1. The quantitative estimate of drug-likeness (QED) is 0.790. The summed E-state index contributed by atoms with van der Waals surface area (Å²) in [5.41, 5.74) is 1.61. The summed E-state index contributed by atoms with van der Waals surface area (Å²) >= 11 is 0.979. The lowest BCUT2D eigenvalue weighted by atomic mass is 10.1. The molecule has 0 unspecified atom stereocenters. The standard InChI is InChI=1S/C16H10FN3O3S/c17-10-3-1-9(2-4-10)14-15(24-20-19-14)16(21)18-11-5-6-12-13(7-11)23-8-22-12/h1-7H,8H2,(H,18,21). The second kappa shape index (κ2) is 5.89. The molecule has 0 fully saturated rings. The first-order chi connectivity index (χ1) is 11.7. The lowest BCUT2D eigenvalue weighted by Crippen LogP contribution is -2.11. The van der Waals surface area contributed by atoms with Crippen LogP contribution in [0.15, 0.2) is 42.5 Å². The summed E-state index contributed by atoms with van der Waals surface area (Å²) < 4.78 is 27.4. The van der Waals surface area contributed by atoms with Crippen LogP contribution in [0.25, 0.3) is 11.3 Å². The summed E-state index contributed by atoms with van der Waals surface area (Å²) in [6.45, 7) is 0.167. The minimum absolute atomic E-state index is 0.167. The topological polar surface area (TPSA) is 73.3 Å². The fourth-order valence-electron chi connectivity index (χ4n) is 2.30. The molecule has 0 saturated carbocycles. The molecule has 1 aliphatic rings. The predicted molar refractivity (Wildman–Crippen MR) is 85.8 cm³/mol. The third-order valence-corrected chi connectivity index (χ3v) is 4.17. The van der Waals surface area contributed by atoms with Gasteiger partial charge in [0.2, 0.25) is 6.79 Å². The van der Waals surface area contributed by atoms with Crippen molar-refractivity contribution in [2.24, 2.45) is 0 Å². The van der Waals surface area contributed by atoms with Crippen LogP contribution in [-0.4, -0.2) is 22.3 Å². The number of amides is 1. The maximum absolute atomic E-state index is 13.0.